The number of anilines is 2. The smallest absolute Gasteiger partial charge is 0.270 e. The monoisotopic (exact) mass is 350 g/mol. The van der Waals surface area contributed by atoms with Gasteiger partial charge < -0.3 is 4.74 Å². The van der Waals surface area contributed by atoms with E-state index in [9.17, 15) is 14.9 Å². The molecule has 0 saturated carbocycles. The minimum atomic E-state index is -0.463. The topological polar surface area (TPSA) is 72.7 Å². The van der Waals surface area contributed by atoms with Crippen molar-refractivity contribution >= 4 is 46.3 Å². The van der Waals surface area contributed by atoms with Crippen LogP contribution in [0.25, 0.3) is 0 Å². The summed E-state index contributed by atoms with van der Waals surface area (Å²) in [6.07, 6.45) is 0. The maximum Gasteiger partial charge on any atom is 0.270 e. The fraction of sp³-hybridized carbons (Fsp3) is 0.133. The Kier molecular flexibility index (Phi) is 4.14. The molecule has 0 radical (unpaired) electrons. The number of halogens is 1. The Bertz CT molecular complexity index is 812. The molecule has 3 rings (SSSR count). The van der Waals surface area contributed by atoms with E-state index in [1.165, 1.54) is 28.8 Å². The maximum atomic E-state index is 12.3. The van der Waals surface area contributed by atoms with Crippen molar-refractivity contribution in [2.24, 2.45) is 0 Å². The second kappa shape index (κ2) is 6.10. The third kappa shape index (κ3) is 2.73. The van der Waals surface area contributed by atoms with Crippen LogP contribution in [0.1, 0.15) is 0 Å². The van der Waals surface area contributed by atoms with Gasteiger partial charge >= 0.3 is 0 Å². The molecule has 0 spiro atoms. The largest absolute Gasteiger partial charge is 0.497 e. The molecule has 2 aromatic rings. The van der Waals surface area contributed by atoms with E-state index in [1.54, 1.807) is 31.4 Å². The van der Waals surface area contributed by atoms with Gasteiger partial charge in [0.2, 0.25) is 5.91 Å². The highest BCUT2D eigenvalue weighted by molar-refractivity contribution is 7.99. The van der Waals surface area contributed by atoms with Gasteiger partial charge in [-0.3, -0.25) is 19.8 Å². The second-order valence-corrected chi connectivity index (χ2v) is 6.06. The number of methoxy groups -OCH3 is 1. The molecule has 0 unspecified atom stereocenters. The van der Waals surface area contributed by atoms with E-state index in [-0.39, 0.29) is 17.5 Å². The lowest BCUT2D eigenvalue weighted by molar-refractivity contribution is -0.385. The first-order chi connectivity index (χ1) is 11.0. The summed E-state index contributed by atoms with van der Waals surface area (Å²) in [7, 11) is 1.55. The van der Waals surface area contributed by atoms with Crippen LogP contribution in [0.4, 0.5) is 17.1 Å². The maximum absolute atomic E-state index is 12.3. The van der Waals surface area contributed by atoms with Gasteiger partial charge in [0.1, 0.15) is 11.6 Å². The Balaban J connectivity index is 2.17. The van der Waals surface area contributed by atoms with Crippen molar-refractivity contribution in [2.45, 2.75) is 9.79 Å². The molecule has 0 bridgehead atoms. The predicted octanol–water partition coefficient (Wildman–Crippen LogP) is 3.97. The summed E-state index contributed by atoms with van der Waals surface area (Å²) < 4.78 is 5.20. The van der Waals surface area contributed by atoms with Crippen molar-refractivity contribution in [1.82, 2.24) is 0 Å². The third-order valence-corrected chi connectivity index (χ3v) is 4.71. The number of nitro groups is 1. The zero-order chi connectivity index (χ0) is 16.6. The van der Waals surface area contributed by atoms with Crippen molar-refractivity contribution in [1.29, 1.82) is 0 Å². The van der Waals surface area contributed by atoms with Crippen LogP contribution in [0.3, 0.4) is 0 Å². The van der Waals surface area contributed by atoms with E-state index in [1.807, 2.05) is 0 Å². The van der Waals surface area contributed by atoms with Crippen LogP contribution in [0.2, 0.25) is 0 Å². The van der Waals surface area contributed by atoms with Crippen LogP contribution in [-0.4, -0.2) is 23.8 Å². The van der Waals surface area contributed by atoms with E-state index >= 15 is 0 Å². The van der Waals surface area contributed by atoms with Gasteiger partial charge in [0.25, 0.3) is 5.69 Å². The Morgan fingerprint density at radius 2 is 1.91 bits per heavy atom. The molecule has 1 heterocycles. The number of carbonyl (C=O) groups is 1. The van der Waals surface area contributed by atoms with Gasteiger partial charge in [-0.05, 0) is 24.3 Å². The molecule has 118 valence electrons. The highest BCUT2D eigenvalue weighted by Crippen LogP contribution is 2.50. The lowest BCUT2D eigenvalue weighted by Crippen LogP contribution is -2.29. The molecular weight excluding hydrogens is 340 g/mol. The summed E-state index contributed by atoms with van der Waals surface area (Å²) in [6, 6.07) is 9.72. The summed E-state index contributed by atoms with van der Waals surface area (Å²) >= 11 is 7.08. The fourth-order valence-corrected chi connectivity index (χ4v) is 3.59. The Hall–Kier alpha value is -2.25. The van der Waals surface area contributed by atoms with Gasteiger partial charge in [-0.15, -0.1) is 11.6 Å². The fourth-order valence-electron chi connectivity index (χ4n) is 2.35. The lowest BCUT2D eigenvalue weighted by Gasteiger charge is -2.30. The molecule has 0 N–H and O–H groups in total. The molecule has 8 heteroatoms. The van der Waals surface area contributed by atoms with Crippen molar-refractivity contribution in [3.8, 4) is 5.75 Å². The molecule has 1 aliphatic heterocycles. The highest BCUT2D eigenvalue weighted by Gasteiger charge is 2.29. The van der Waals surface area contributed by atoms with Crippen LogP contribution in [0, 0.1) is 10.1 Å². The molecule has 6 nitrogen and oxygen atoms in total. The average molecular weight is 351 g/mol. The molecule has 0 fully saturated rings. The summed E-state index contributed by atoms with van der Waals surface area (Å²) in [4.78, 5) is 25.7. The van der Waals surface area contributed by atoms with Crippen LogP contribution in [0.5, 0.6) is 5.75 Å². The number of fused-ring (bicyclic) bond motifs is 2. The van der Waals surface area contributed by atoms with Crippen molar-refractivity contribution in [3.05, 3.63) is 46.5 Å². The van der Waals surface area contributed by atoms with Crippen LogP contribution >= 0.6 is 23.4 Å². The SMILES string of the molecule is COc1ccc2c(c1)Sc1cc([N+](=O)[O-])ccc1N2C(=O)CCl. The van der Waals surface area contributed by atoms with E-state index < -0.39 is 4.92 Å². The number of amides is 1. The standard InChI is InChI=1S/C15H11ClN2O4S/c1-22-10-3-5-12-14(7-10)23-13-6-9(18(20)21)2-4-11(13)17(12)15(19)8-16/h2-7H,8H2,1H3. The van der Waals surface area contributed by atoms with E-state index in [4.69, 9.17) is 16.3 Å². The first-order valence-electron chi connectivity index (χ1n) is 6.58. The number of non-ortho nitro benzene ring substituents is 1. The molecule has 1 amide bonds. The molecule has 2 aromatic carbocycles. The summed E-state index contributed by atoms with van der Waals surface area (Å²) in [5.74, 6) is 0.156. The van der Waals surface area contributed by atoms with Gasteiger partial charge in [0.15, 0.2) is 0 Å². The van der Waals surface area contributed by atoms with Crippen molar-refractivity contribution in [2.75, 3.05) is 17.9 Å². The second-order valence-electron chi connectivity index (χ2n) is 4.71. The summed E-state index contributed by atoms with van der Waals surface area (Å²) in [5.41, 5.74) is 1.24. The molecular formula is C15H11ClN2O4S. The van der Waals surface area contributed by atoms with Crippen molar-refractivity contribution in [3.63, 3.8) is 0 Å². The Morgan fingerprint density at radius 1 is 1.26 bits per heavy atom. The molecule has 0 atom stereocenters. The van der Waals surface area contributed by atoms with Crippen LogP contribution in [0.15, 0.2) is 46.2 Å². The minimum Gasteiger partial charge on any atom is -0.497 e. The number of alkyl halides is 1. The summed E-state index contributed by atoms with van der Waals surface area (Å²) in [5, 5.41) is 11.0. The first kappa shape index (κ1) is 15.6. The quantitative estimate of drug-likeness (QED) is 0.475. The minimum absolute atomic E-state index is 0.0270. The molecule has 0 aromatic heterocycles. The third-order valence-electron chi connectivity index (χ3n) is 3.39. The number of carbonyl (C=O) groups excluding carboxylic acids is 1. The van der Waals surface area contributed by atoms with Gasteiger partial charge in [0.05, 0.1) is 23.4 Å². The number of nitrogens with zero attached hydrogens (tertiary/aromatic N) is 2. The molecule has 0 saturated heterocycles. The van der Waals surface area contributed by atoms with Gasteiger partial charge in [-0.25, -0.2) is 0 Å². The number of hydrogen-bond acceptors (Lipinski definition) is 5. The van der Waals surface area contributed by atoms with Gasteiger partial charge in [-0.1, -0.05) is 11.8 Å². The number of rotatable bonds is 3. The normalized spacial score (nSPS) is 12.3. The molecule has 23 heavy (non-hydrogen) atoms. The number of ether oxygens (including phenoxy) is 1. The number of hydrogen-bond donors (Lipinski definition) is 0. The lowest BCUT2D eigenvalue weighted by atomic mass is 10.2. The molecule has 0 aliphatic carbocycles. The zero-order valence-corrected chi connectivity index (χ0v) is 13.6. The Morgan fingerprint density at radius 3 is 2.52 bits per heavy atom. The highest BCUT2D eigenvalue weighted by atomic mass is 35.5. The Labute approximate surface area is 141 Å². The van der Waals surface area contributed by atoms with Gasteiger partial charge in [-0.2, -0.15) is 0 Å². The van der Waals surface area contributed by atoms with E-state index in [0.29, 0.717) is 22.0 Å². The average Bonchev–Trinajstić information content (AvgIpc) is 2.57. The van der Waals surface area contributed by atoms with Crippen LogP contribution in [-0.2, 0) is 4.79 Å². The number of nitro benzene ring substituents is 1. The van der Waals surface area contributed by atoms with Gasteiger partial charge in [0, 0.05) is 21.9 Å². The zero-order valence-electron chi connectivity index (χ0n) is 12.0. The summed E-state index contributed by atoms with van der Waals surface area (Å²) in [6.45, 7) is 0. The van der Waals surface area contributed by atoms with Crippen molar-refractivity contribution < 1.29 is 14.5 Å². The van der Waals surface area contributed by atoms with Crippen LogP contribution < -0.4 is 9.64 Å². The first-order valence-corrected chi connectivity index (χ1v) is 7.93. The molecule has 1 aliphatic rings. The predicted molar refractivity (Wildman–Crippen MR) is 88.1 cm³/mol. The van der Waals surface area contributed by atoms with E-state index in [0.717, 1.165) is 4.90 Å². The number of benzene rings is 2. The van der Waals surface area contributed by atoms with E-state index in [2.05, 4.69) is 0 Å².